The van der Waals surface area contributed by atoms with Crippen molar-refractivity contribution in [3.8, 4) is 11.5 Å². The van der Waals surface area contributed by atoms with Gasteiger partial charge in [0.1, 0.15) is 11.5 Å². The Morgan fingerprint density at radius 3 is 2.85 bits per heavy atom. The van der Waals surface area contributed by atoms with Crippen LogP contribution in [0.4, 0.5) is 0 Å². The Kier molecular flexibility index (Phi) is 5.68. The van der Waals surface area contributed by atoms with Gasteiger partial charge >= 0.3 is 0 Å². The van der Waals surface area contributed by atoms with Gasteiger partial charge in [-0.25, -0.2) is 0 Å². The Labute approximate surface area is 122 Å². The van der Waals surface area contributed by atoms with Crippen molar-refractivity contribution < 1.29 is 9.47 Å². The Morgan fingerprint density at radius 1 is 1.30 bits per heavy atom. The van der Waals surface area contributed by atoms with Gasteiger partial charge < -0.3 is 14.8 Å². The van der Waals surface area contributed by atoms with E-state index < -0.39 is 0 Å². The third-order valence-corrected chi connectivity index (χ3v) is 4.09. The van der Waals surface area contributed by atoms with E-state index in [0.29, 0.717) is 6.04 Å². The number of nitrogens with one attached hydrogen (secondary N) is 1. The molecule has 1 aliphatic heterocycles. The summed E-state index contributed by atoms with van der Waals surface area (Å²) in [7, 11) is 3.38. The molecule has 1 saturated heterocycles. The van der Waals surface area contributed by atoms with Gasteiger partial charge in [-0.2, -0.15) is 0 Å². The van der Waals surface area contributed by atoms with Crippen LogP contribution in [0, 0.1) is 0 Å². The molecule has 1 N–H and O–H groups in total. The summed E-state index contributed by atoms with van der Waals surface area (Å²) in [5, 5.41) is 3.56. The maximum atomic E-state index is 5.42. The van der Waals surface area contributed by atoms with Crippen molar-refractivity contribution in [1.82, 2.24) is 10.2 Å². The zero-order chi connectivity index (χ0) is 14.4. The van der Waals surface area contributed by atoms with E-state index in [1.807, 2.05) is 12.1 Å². The van der Waals surface area contributed by atoms with E-state index in [9.17, 15) is 0 Å². The lowest BCUT2D eigenvalue weighted by Crippen LogP contribution is -2.37. The molecule has 0 amide bonds. The second kappa shape index (κ2) is 7.50. The molecule has 2 rings (SSSR count). The number of likely N-dealkylation sites (N-methyl/N-ethyl adjacent to an activating group) is 1. The average Bonchev–Trinajstić information content (AvgIpc) is 2.95. The predicted molar refractivity (Wildman–Crippen MR) is 81.5 cm³/mol. The molecule has 4 heteroatoms. The molecule has 1 aromatic rings. The standard InChI is InChI=1S/C16H26N2O2/c1-4-18-9-5-6-14(18)12-17-11-13-7-8-15(19-2)10-16(13)20-3/h7-8,10,14,17H,4-6,9,11-12H2,1-3H3/t14-/m0/s1. The minimum absolute atomic E-state index is 0.684. The molecule has 1 heterocycles. The minimum Gasteiger partial charge on any atom is -0.497 e. The van der Waals surface area contributed by atoms with Crippen molar-refractivity contribution in [2.75, 3.05) is 33.9 Å². The maximum Gasteiger partial charge on any atom is 0.127 e. The Hall–Kier alpha value is -1.26. The summed E-state index contributed by atoms with van der Waals surface area (Å²) in [5.41, 5.74) is 1.18. The molecule has 1 aliphatic rings. The van der Waals surface area contributed by atoms with Crippen LogP contribution < -0.4 is 14.8 Å². The number of rotatable bonds is 7. The lowest BCUT2D eigenvalue weighted by Gasteiger charge is -2.23. The summed E-state index contributed by atoms with van der Waals surface area (Å²) in [6, 6.07) is 6.67. The molecule has 0 unspecified atom stereocenters. The van der Waals surface area contributed by atoms with Gasteiger partial charge in [0.25, 0.3) is 0 Å². The van der Waals surface area contributed by atoms with Gasteiger partial charge in [0.15, 0.2) is 0 Å². The smallest absolute Gasteiger partial charge is 0.127 e. The highest BCUT2D eigenvalue weighted by Gasteiger charge is 2.22. The van der Waals surface area contributed by atoms with E-state index in [2.05, 4.69) is 23.2 Å². The van der Waals surface area contributed by atoms with Crippen LogP contribution >= 0.6 is 0 Å². The van der Waals surface area contributed by atoms with E-state index in [4.69, 9.17) is 9.47 Å². The van der Waals surface area contributed by atoms with Crippen molar-refractivity contribution in [2.24, 2.45) is 0 Å². The van der Waals surface area contributed by atoms with Crippen LogP contribution in [-0.4, -0.2) is 44.8 Å². The minimum atomic E-state index is 0.684. The van der Waals surface area contributed by atoms with Crippen molar-refractivity contribution in [1.29, 1.82) is 0 Å². The lowest BCUT2D eigenvalue weighted by molar-refractivity contribution is 0.259. The van der Waals surface area contributed by atoms with Gasteiger partial charge in [-0.3, -0.25) is 4.90 Å². The molecule has 0 bridgehead atoms. The van der Waals surface area contributed by atoms with Crippen LogP contribution in [0.5, 0.6) is 11.5 Å². The van der Waals surface area contributed by atoms with Gasteiger partial charge in [0, 0.05) is 30.8 Å². The summed E-state index contributed by atoms with van der Waals surface area (Å²) in [5.74, 6) is 1.72. The molecule has 0 aliphatic carbocycles. The quantitative estimate of drug-likeness (QED) is 0.829. The topological polar surface area (TPSA) is 33.7 Å². The summed E-state index contributed by atoms with van der Waals surface area (Å²) < 4.78 is 10.6. The average molecular weight is 278 g/mol. The van der Waals surface area contributed by atoms with Crippen molar-refractivity contribution in [2.45, 2.75) is 32.4 Å². The largest absolute Gasteiger partial charge is 0.497 e. The number of likely N-dealkylation sites (tertiary alicyclic amines) is 1. The Balaban J connectivity index is 1.87. The number of hydrogen-bond donors (Lipinski definition) is 1. The van der Waals surface area contributed by atoms with Gasteiger partial charge in [0.05, 0.1) is 14.2 Å². The highest BCUT2D eigenvalue weighted by atomic mass is 16.5. The zero-order valence-electron chi connectivity index (χ0n) is 12.8. The molecule has 1 fully saturated rings. The summed E-state index contributed by atoms with van der Waals surface area (Å²) in [4.78, 5) is 2.55. The molecule has 0 saturated carbocycles. The number of methoxy groups -OCH3 is 2. The molecule has 1 atom stereocenters. The van der Waals surface area contributed by atoms with E-state index >= 15 is 0 Å². The summed E-state index contributed by atoms with van der Waals surface area (Å²) in [6.07, 6.45) is 2.63. The number of benzene rings is 1. The van der Waals surface area contributed by atoms with Crippen molar-refractivity contribution in [3.05, 3.63) is 23.8 Å². The highest BCUT2D eigenvalue weighted by Crippen LogP contribution is 2.24. The second-order valence-electron chi connectivity index (χ2n) is 5.23. The van der Waals surface area contributed by atoms with Crippen LogP contribution in [0.25, 0.3) is 0 Å². The lowest BCUT2D eigenvalue weighted by atomic mass is 10.1. The first kappa shape index (κ1) is 15.1. The normalized spacial score (nSPS) is 19.2. The van der Waals surface area contributed by atoms with E-state index in [1.54, 1.807) is 14.2 Å². The van der Waals surface area contributed by atoms with Crippen LogP contribution in [0.1, 0.15) is 25.3 Å². The van der Waals surface area contributed by atoms with E-state index in [0.717, 1.165) is 31.1 Å². The van der Waals surface area contributed by atoms with Gasteiger partial charge in [0.2, 0.25) is 0 Å². The van der Waals surface area contributed by atoms with Gasteiger partial charge in [-0.15, -0.1) is 0 Å². The van der Waals surface area contributed by atoms with E-state index in [-0.39, 0.29) is 0 Å². The summed E-state index contributed by atoms with van der Waals surface area (Å²) in [6.45, 7) is 6.52. The fraction of sp³-hybridized carbons (Fsp3) is 0.625. The van der Waals surface area contributed by atoms with Crippen LogP contribution in [0.15, 0.2) is 18.2 Å². The molecular formula is C16H26N2O2. The van der Waals surface area contributed by atoms with Crippen LogP contribution in [0.2, 0.25) is 0 Å². The Bertz CT molecular complexity index is 423. The van der Waals surface area contributed by atoms with E-state index in [1.165, 1.54) is 24.9 Å². The monoisotopic (exact) mass is 278 g/mol. The first-order valence-corrected chi connectivity index (χ1v) is 7.44. The second-order valence-corrected chi connectivity index (χ2v) is 5.23. The molecule has 20 heavy (non-hydrogen) atoms. The maximum absolute atomic E-state index is 5.42. The first-order valence-electron chi connectivity index (χ1n) is 7.44. The fourth-order valence-electron chi connectivity index (χ4n) is 2.91. The molecule has 112 valence electrons. The van der Waals surface area contributed by atoms with Gasteiger partial charge in [-0.1, -0.05) is 13.0 Å². The molecular weight excluding hydrogens is 252 g/mol. The van der Waals surface area contributed by atoms with Gasteiger partial charge in [-0.05, 0) is 32.0 Å². The summed E-state index contributed by atoms with van der Waals surface area (Å²) >= 11 is 0. The molecule has 0 aromatic heterocycles. The number of ether oxygens (including phenoxy) is 2. The van der Waals surface area contributed by atoms with Crippen LogP contribution in [0.3, 0.4) is 0 Å². The zero-order valence-corrected chi connectivity index (χ0v) is 12.8. The molecule has 1 aromatic carbocycles. The van der Waals surface area contributed by atoms with Crippen LogP contribution in [-0.2, 0) is 6.54 Å². The predicted octanol–water partition coefficient (Wildman–Crippen LogP) is 2.28. The highest BCUT2D eigenvalue weighted by molar-refractivity contribution is 5.40. The Morgan fingerprint density at radius 2 is 2.15 bits per heavy atom. The third-order valence-electron chi connectivity index (χ3n) is 4.09. The fourth-order valence-corrected chi connectivity index (χ4v) is 2.91. The molecule has 0 spiro atoms. The molecule has 0 radical (unpaired) electrons. The van der Waals surface area contributed by atoms with Crippen molar-refractivity contribution >= 4 is 0 Å². The molecule has 4 nitrogen and oxygen atoms in total. The SMILES string of the molecule is CCN1CCC[C@H]1CNCc1ccc(OC)cc1OC. The number of nitrogens with zero attached hydrogens (tertiary/aromatic N) is 1. The first-order chi connectivity index (χ1) is 9.78. The third kappa shape index (κ3) is 3.64. The number of hydrogen-bond acceptors (Lipinski definition) is 4. The van der Waals surface area contributed by atoms with Crippen molar-refractivity contribution in [3.63, 3.8) is 0 Å².